The van der Waals surface area contributed by atoms with E-state index in [4.69, 9.17) is 0 Å². The monoisotopic (exact) mass is 332 g/mol. The van der Waals surface area contributed by atoms with Crippen LogP contribution in [0.2, 0.25) is 0 Å². The summed E-state index contributed by atoms with van der Waals surface area (Å²) in [5, 5.41) is 4.41. The van der Waals surface area contributed by atoms with Crippen molar-refractivity contribution in [2.75, 3.05) is 6.54 Å². The molecule has 0 saturated carbocycles. The SMILES string of the molecule is O=C(NCCn1cnc2ccccc2c1=O)c1ccc2[nH]ccc2c1. The van der Waals surface area contributed by atoms with Crippen molar-refractivity contribution in [3.8, 4) is 0 Å². The molecular weight excluding hydrogens is 316 g/mol. The van der Waals surface area contributed by atoms with Gasteiger partial charge in [0, 0.05) is 35.8 Å². The van der Waals surface area contributed by atoms with Crippen LogP contribution in [0.15, 0.2) is 65.8 Å². The van der Waals surface area contributed by atoms with Gasteiger partial charge >= 0.3 is 0 Å². The van der Waals surface area contributed by atoms with Crippen LogP contribution in [0.3, 0.4) is 0 Å². The highest BCUT2D eigenvalue weighted by Gasteiger charge is 2.07. The first-order valence-electron chi connectivity index (χ1n) is 8.02. The fraction of sp³-hybridized carbons (Fsp3) is 0.105. The first-order valence-corrected chi connectivity index (χ1v) is 8.02. The lowest BCUT2D eigenvalue weighted by molar-refractivity contribution is 0.0952. The number of hydrogen-bond acceptors (Lipinski definition) is 3. The topological polar surface area (TPSA) is 79.8 Å². The van der Waals surface area contributed by atoms with E-state index in [1.807, 2.05) is 36.5 Å². The average molecular weight is 332 g/mol. The summed E-state index contributed by atoms with van der Waals surface area (Å²) >= 11 is 0. The summed E-state index contributed by atoms with van der Waals surface area (Å²) in [6.45, 7) is 0.721. The number of nitrogens with zero attached hydrogens (tertiary/aromatic N) is 2. The number of para-hydroxylation sites is 1. The molecule has 6 heteroatoms. The van der Waals surface area contributed by atoms with Gasteiger partial charge in [-0.15, -0.1) is 0 Å². The molecule has 4 aromatic rings. The molecule has 2 aromatic carbocycles. The van der Waals surface area contributed by atoms with Crippen LogP contribution in [0.1, 0.15) is 10.4 Å². The van der Waals surface area contributed by atoms with E-state index in [2.05, 4.69) is 15.3 Å². The van der Waals surface area contributed by atoms with Crippen molar-refractivity contribution in [3.05, 3.63) is 77.0 Å². The fourth-order valence-corrected chi connectivity index (χ4v) is 2.85. The summed E-state index contributed by atoms with van der Waals surface area (Å²) in [4.78, 5) is 32.0. The molecule has 124 valence electrons. The number of benzene rings is 2. The maximum absolute atomic E-state index is 12.4. The number of fused-ring (bicyclic) bond motifs is 2. The molecule has 2 aromatic heterocycles. The van der Waals surface area contributed by atoms with Crippen molar-refractivity contribution < 1.29 is 4.79 Å². The number of H-pyrrole nitrogens is 1. The first kappa shape index (κ1) is 15.1. The fourth-order valence-electron chi connectivity index (χ4n) is 2.85. The van der Waals surface area contributed by atoms with E-state index in [0.717, 1.165) is 10.9 Å². The number of carbonyl (C=O) groups excluding carboxylic acids is 1. The van der Waals surface area contributed by atoms with Crippen LogP contribution in [0.25, 0.3) is 21.8 Å². The zero-order valence-corrected chi connectivity index (χ0v) is 13.4. The molecule has 1 amide bonds. The Balaban J connectivity index is 1.46. The molecule has 0 aliphatic carbocycles. The molecule has 0 fully saturated rings. The van der Waals surface area contributed by atoms with Crippen molar-refractivity contribution in [1.82, 2.24) is 19.9 Å². The molecule has 0 aliphatic heterocycles. The maximum atomic E-state index is 12.4. The number of aromatic nitrogens is 3. The second-order valence-electron chi connectivity index (χ2n) is 5.80. The lowest BCUT2D eigenvalue weighted by Gasteiger charge is -2.08. The summed E-state index contributed by atoms with van der Waals surface area (Å²) in [7, 11) is 0. The van der Waals surface area contributed by atoms with E-state index < -0.39 is 0 Å². The molecule has 2 heterocycles. The molecule has 0 atom stereocenters. The smallest absolute Gasteiger partial charge is 0.261 e. The van der Waals surface area contributed by atoms with E-state index in [9.17, 15) is 9.59 Å². The lowest BCUT2D eigenvalue weighted by atomic mass is 10.1. The first-order chi connectivity index (χ1) is 12.2. The Labute approximate surface area is 143 Å². The Hall–Kier alpha value is -3.41. The molecule has 0 saturated heterocycles. The molecule has 2 N–H and O–H groups in total. The molecule has 4 rings (SSSR count). The van der Waals surface area contributed by atoms with Crippen LogP contribution in [0, 0.1) is 0 Å². The minimum atomic E-state index is -0.162. The number of nitrogens with one attached hydrogen (secondary N) is 2. The Morgan fingerprint density at radius 1 is 1.16 bits per heavy atom. The van der Waals surface area contributed by atoms with Gasteiger partial charge < -0.3 is 10.3 Å². The summed E-state index contributed by atoms with van der Waals surface area (Å²) in [6, 6.07) is 14.6. The molecule has 0 spiro atoms. The number of aromatic amines is 1. The van der Waals surface area contributed by atoms with Crippen molar-refractivity contribution in [2.24, 2.45) is 0 Å². The number of rotatable bonds is 4. The Morgan fingerprint density at radius 3 is 2.96 bits per heavy atom. The predicted molar refractivity (Wildman–Crippen MR) is 96.6 cm³/mol. The van der Waals surface area contributed by atoms with Gasteiger partial charge in [0.2, 0.25) is 0 Å². The molecule has 0 bridgehead atoms. The summed E-state index contributed by atoms with van der Waals surface area (Å²) in [5.74, 6) is -0.162. The quantitative estimate of drug-likeness (QED) is 0.602. The van der Waals surface area contributed by atoms with Gasteiger partial charge in [0.15, 0.2) is 0 Å². The Bertz CT molecular complexity index is 1130. The second-order valence-corrected chi connectivity index (χ2v) is 5.80. The number of carbonyl (C=O) groups is 1. The molecule has 0 radical (unpaired) electrons. The largest absolute Gasteiger partial charge is 0.361 e. The van der Waals surface area contributed by atoms with Gasteiger partial charge in [0.05, 0.1) is 17.2 Å². The number of amides is 1. The van der Waals surface area contributed by atoms with Crippen molar-refractivity contribution >= 4 is 27.7 Å². The van der Waals surface area contributed by atoms with Gasteiger partial charge in [0.1, 0.15) is 0 Å². The third kappa shape index (κ3) is 2.89. The van der Waals surface area contributed by atoms with Crippen molar-refractivity contribution in [3.63, 3.8) is 0 Å². The molecule has 0 aliphatic rings. The van der Waals surface area contributed by atoms with Gasteiger partial charge in [-0.25, -0.2) is 4.98 Å². The van der Waals surface area contributed by atoms with E-state index in [-0.39, 0.29) is 11.5 Å². The van der Waals surface area contributed by atoms with E-state index in [1.54, 1.807) is 18.2 Å². The van der Waals surface area contributed by atoms with Crippen molar-refractivity contribution in [1.29, 1.82) is 0 Å². The van der Waals surface area contributed by atoms with Crippen LogP contribution >= 0.6 is 0 Å². The molecule has 6 nitrogen and oxygen atoms in total. The summed E-state index contributed by atoms with van der Waals surface area (Å²) < 4.78 is 1.51. The molecule has 0 unspecified atom stereocenters. The van der Waals surface area contributed by atoms with Gasteiger partial charge in [-0.3, -0.25) is 14.2 Å². The van der Waals surface area contributed by atoms with Gasteiger partial charge in [-0.2, -0.15) is 0 Å². The third-order valence-electron chi connectivity index (χ3n) is 4.19. The highest BCUT2D eigenvalue weighted by molar-refractivity contribution is 5.98. The maximum Gasteiger partial charge on any atom is 0.261 e. The molecule has 25 heavy (non-hydrogen) atoms. The van der Waals surface area contributed by atoms with E-state index >= 15 is 0 Å². The summed E-state index contributed by atoms with van der Waals surface area (Å²) in [5.41, 5.74) is 2.16. The lowest BCUT2D eigenvalue weighted by Crippen LogP contribution is -2.31. The van der Waals surface area contributed by atoms with Crippen LogP contribution < -0.4 is 10.9 Å². The normalized spacial score (nSPS) is 11.0. The van der Waals surface area contributed by atoms with Gasteiger partial charge in [0.25, 0.3) is 11.5 Å². The zero-order chi connectivity index (χ0) is 17.2. The van der Waals surface area contributed by atoms with Gasteiger partial charge in [-0.1, -0.05) is 12.1 Å². The van der Waals surface area contributed by atoms with Crippen molar-refractivity contribution in [2.45, 2.75) is 6.54 Å². The third-order valence-corrected chi connectivity index (χ3v) is 4.19. The Kier molecular flexibility index (Phi) is 3.78. The van der Waals surface area contributed by atoms with E-state index in [1.165, 1.54) is 10.9 Å². The minimum absolute atomic E-state index is 0.103. The predicted octanol–water partition coefficient (Wildman–Crippen LogP) is 2.31. The highest BCUT2D eigenvalue weighted by Crippen LogP contribution is 2.14. The Morgan fingerprint density at radius 2 is 2.04 bits per heavy atom. The average Bonchev–Trinajstić information content (AvgIpc) is 3.11. The van der Waals surface area contributed by atoms with Crippen LogP contribution in [0.4, 0.5) is 0 Å². The summed E-state index contributed by atoms with van der Waals surface area (Å²) in [6.07, 6.45) is 3.36. The van der Waals surface area contributed by atoms with Crippen LogP contribution in [-0.4, -0.2) is 27.0 Å². The minimum Gasteiger partial charge on any atom is -0.361 e. The molecular formula is C19H16N4O2. The number of hydrogen-bond donors (Lipinski definition) is 2. The van der Waals surface area contributed by atoms with E-state index in [0.29, 0.717) is 29.6 Å². The van der Waals surface area contributed by atoms with Crippen LogP contribution in [0.5, 0.6) is 0 Å². The highest BCUT2D eigenvalue weighted by atomic mass is 16.1. The second kappa shape index (κ2) is 6.24. The van der Waals surface area contributed by atoms with Gasteiger partial charge in [-0.05, 0) is 36.4 Å². The van der Waals surface area contributed by atoms with Crippen LogP contribution in [-0.2, 0) is 6.54 Å². The standard InChI is InChI=1S/C19H16N4O2/c24-18(14-5-6-16-13(11-14)7-8-20-16)21-9-10-23-12-22-17-4-2-1-3-15(17)19(23)25/h1-8,11-12,20H,9-10H2,(H,21,24). The zero-order valence-electron chi connectivity index (χ0n) is 13.4.